The molecule has 0 saturated carbocycles. The van der Waals surface area contributed by atoms with Crippen LogP contribution in [0.3, 0.4) is 0 Å². The lowest BCUT2D eigenvalue weighted by atomic mass is 10.1. The lowest BCUT2D eigenvalue weighted by Gasteiger charge is -2.09. The minimum Gasteiger partial charge on any atom is -0.352 e. The van der Waals surface area contributed by atoms with Gasteiger partial charge in [0.2, 0.25) is 5.91 Å². The molecule has 0 fully saturated rings. The van der Waals surface area contributed by atoms with E-state index in [2.05, 4.69) is 22.9 Å². The van der Waals surface area contributed by atoms with Gasteiger partial charge in [0.1, 0.15) is 0 Å². The molecule has 0 heterocycles. The van der Waals surface area contributed by atoms with E-state index >= 15 is 0 Å². The van der Waals surface area contributed by atoms with Crippen LogP contribution in [0.4, 0.5) is 11.4 Å². The molecule has 0 aliphatic rings. The molecule has 0 radical (unpaired) electrons. The molecule has 0 bridgehead atoms. The van der Waals surface area contributed by atoms with E-state index in [4.69, 9.17) is 0 Å². The molecule has 3 amide bonds. The van der Waals surface area contributed by atoms with E-state index in [1.807, 2.05) is 0 Å². The highest BCUT2D eigenvalue weighted by atomic mass is 16.2. The van der Waals surface area contributed by atoms with Crippen molar-refractivity contribution >= 4 is 29.1 Å². The monoisotopic (exact) mass is 367 g/mol. The first-order valence-electron chi connectivity index (χ1n) is 9.07. The van der Waals surface area contributed by atoms with Gasteiger partial charge in [0.05, 0.1) is 0 Å². The molecule has 27 heavy (non-hydrogen) atoms. The first kappa shape index (κ1) is 20.2. The highest BCUT2D eigenvalue weighted by molar-refractivity contribution is 6.06. The normalized spacial score (nSPS) is 10.1. The van der Waals surface area contributed by atoms with Crippen LogP contribution < -0.4 is 16.0 Å². The van der Waals surface area contributed by atoms with Gasteiger partial charge in [-0.15, -0.1) is 0 Å². The van der Waals surface area contributed by atoms with Crippen molar-refractivity contribution in [2.45, 2.75) is 33.1 Å². The minimum absolute atomic E-state index is 0.184. The second-order valence-electron chi connectivity index (χ2n) is 6.26. The molecule has 2 aromatic carbocycles. The van der Waals surface area contributed by atoms with E-state index in [0.29, 0.717) is 29.0 Å². The lowest BCUT2D eigenvalue weighted by Crippen LogP contribution is -2.24. The summed E-state index contributed by atoms with van der Waals surface area (Å²) in [7, 11) is 0. The van der Waals surface area contributed by atoms with Crippen molar-refractivity contribution in [2.24, 2.45) is 0 Å². The molecule has 6 heteroatoms. The summed E-state index contributed by atoms with van der Waals surface area (Å²) in [5.41, 5.74) is 1.99. The van der Waals surface area contributed by atoms with Crippen LogP contribution in [0.25, 0.3) is 0 Å². The third-order valence-corrected chi connectivity index (χ3v) is 3.89. The Balaban J connectivity index is 2.02. The van der Waals surface area contributed by atoms with E-state index in [1.54, 1.807) is 48.5 Å². The highest BCUT2D eigenvalue weighted by Crippen LogP contribution is 2.16. The summed E-state index contributed by atoms with van der Waals surface area (Å²) in [6, 6.07) is 13.5. The molecule has 0 spiro atoms. The van der Waals surface area contributed by atoms with Gasteiger partial charge in [-0.3, -0.25) is 14.4 Å². The van der Waals surface area contributed by atoms with Gasteiger partial charge in [-0.1, -0.05) is 31.9 Å². The van der Waals surface area contributed by atoms with Gasteiger partial charge < -0.3 is 16.0 Å². The van der Waals surface area contributed by atoms with Crippen molar-refractivity contribution in [1.82, 2.24) is 5.32 Å². The zero-order valence-electron chi connectivity index (χ0n) is 15.7. The highest BCUT2D eigenvalue weighted by Gasteiger charge is 2.11. The number of amides is 3. The Morgan fingerprint density at radius 1 is 0.815 bits per heavy atom. The Kier molecular flexibility index (Phi) is 7.55. The summed E-state index contributed by atoms with van der Waals surface area (Å²) in [5.74, 6) is -0.694. The predicted molar refractivity (Wildman–Crippen MR) is 107 cm³/mol. The average Bonchev–Trinajstić information content (AvgIpc) is 2.65. The molecule has 0 unspecified atom stereocenters. The number of rotatable bonds is 8. The van der Waals surface area contributed by atoms with Gasteiger partial charge in [-0.25, -0.2) is 0 Å². The second kappa shape index (κ2) is 10.1. The first-order chi connectivity index (χ1) is 13.0. The zero-order chi connectivity index (χ0) is 19.6. The van der Waals surface area contributed by atoms with Crippen LogP contribution in [0.1, 0.15) is 53.8 Å². The van der Waals surface area contributed by atoms with Crippen LogP contribution in [0, 0.1) is 0 Å². The third kappa shape index (κ3) is 6.58. The van der Waals surface area contributed by atoms with E-state index in [9.17, 15) is 14.4 Å². The predicted octanol–water partition coefficient (Wildman–Crippen LogP) is 3.82. The van der Waals surface area contributed by atoms with E-state index in [-0.39, 0.29) is 17.7 Å². The molecule has 6 nitrogen and oxygen atoms in total. The Morgan fingerprint density at radius 3 is 2.11 bits per heavy atom. The Hall–Kier alpha value is -3.15. The molecule has 0 aliphatic heterocycles. The van der Waals surface area contributed by atoms with Crippen LogP contribution in [-0.2, 0) is 4.79 Å². The maximum Gasteiger partial charge on any atom is 0.255 e. The van der Waals surface area contributed by atoms with Crippen LogP contribution in [0.2, 0.25) is 0 Å². The molecule has 3 N–H and O–H groups in total. The van der Waals surface area contributed by atoms with Gasteiger partial charge >= 0.3 is 0 Å². The van der Waals surface area contributed by atoms with Crippen molar-refractivity contribution in [3.05, 3.63) is 59.7 Å². The molecule has 2 rings (SSSR count). The van der Waals surface area contributed by atoms with Gasteiger partial charge in [-0.2, -0.15) is 0 Å². The second-order valence-corrected chi connectivity index (χ2v) is 6.26. The van der Waals surface area contributed by atoms with Crippen molar-refractivity contribution in [2.75, 3.05) is 17.2 Å². The average molecular weight is 367 g/mol. The topological polar surface area (TPSA) is 87.3 Å². The SMILES string of the molecule is CCCCCNC(=O)c1cccc(C(=O)Nc2cccc(NC(C)=O)c2)c1. The molecule has 0 saturated heterocycles. The maximum atomic E-state index is 12.5. The van der Waals surface area contributed by atoms with Crippen molar-refractivity contribution in [3.63, 3.8) is 0 Å². The minimum atomic E-state index is -0.324. The van der Waals surface area contributed by atoms with Gasteiger partial charge in [-0.05, 0) is 42.8 Å². The quantitative estimate of drug-likeness (QED) is 0.620. The van der Waals surface area contributed by atoms with Crippen LogP contribution in [0.15, 0.2) is 48.5 Å². The summed E-state index contributed by atoms with van der Waals surface area (Å²) >= 11 is 0. The largest absolute Gasteiger partial charge is 0.352 e. The number of carbonyl (C=O) groups excluding carboxylic acids is 3. The number of unbranched alkanes of at least 4 members (excludes halogenated alkanes) is 2. The molecule has 0 aromatic heterocycles. The summed E-state index contributed by atoms with van der Waals surface area (Å²) in [4.78, 5) is 35.8. The fourth-order valence-electron chi connectivity index (χ4n) is 2.56. The van der Waals surface area contributed by atoms with E-state index in [1.165, 1.54) is 6.92 Å². The number of anilines is 2. The molecule has 0 aliphatic carbocycles. The Bertz CT molecular complexity index is 818. The fourth-order valence-corrected chi connectivity index (χ4v) is 2.56. The van der Waals surface area contributed by atoms with Crippen LogP contribution >= 0.6 is 0 Å². The number of hydrogen-bond donors (Lipinski definition) is 3. The van der Waals surface area contributed by atoms with E-state index in [0.717, 1.165) is 19.3 Å². The van der Waals surface area contributed by atoms with Crippen molar-refractivity contribution in [1.29, 1.82) is 0 Å². The number of carbonyl (C=O) groups is 3. The molecular weight excluding hydrogens is 342 g/mol. The molecule has 2 aromatic rings. The van der Waals surface area contributed by atoms with Crippen LogP contribution in [-0.4, -0.2) is 24.3 Å². The van der Waals surface area contributed by atoms with Gasteiger partial charge in [0.25, 0.3) is 11.8 Å². The summed E-state index contributed by atoms with van der Waals surface area (Å²) in [5, 5.41) is 8.31. The smallest absolute Gasteiger partial charge is 0.255 e. The number of benzene rings is 2. The van der Waals surface area contributed by atoms with Crippen molar-refractivity contribution < 1.29 is 14.4 Å². The van der Waals surface area contributed by atoms with Gasteiger partial charge in [0, 0.05) is 36.0 Å². The summed E-state index contributed by atoms with van der Waals surface area (Å²) < 4.78 is 0. The Labute approximate surface area is 159 Å². The number of nitrogens with one attached hydrogen (secondary N) is 3. The van der Waals surface area contributed by atoms with E-state index < -0.39 is 0 Å². The number of hydrogen-bond acceptors (Lipinski definition) is 3. The maximum absolute atomic E-state index is 12.5. The van der Waals surface area contributed by atoms with Gasteiger partial charge in [0.15, 0.2) is 0 Å². The lowest BCUT2D eigenvalue weighted by molar-refractivity contribution is -0.114. The van der Waals surface area contributed by atoms with Crippen molar-refractivity contribution in [3.8, 4) is 0 Å². The molecule has 142 valence electrons. The standard InChI is InChI=1S/C21H25N3O3/c1-3-4-5-12-22-20(26)16-8-6-9-17(13-16)21(27)24-19-11-7-10-18(14-19)23-15(2)25/h6-11,13-14H,3-5,12H2,1-2H3,(H,22,26)(H,23,25)(H,24,27). The van der Waals surface area contributed by atoms with Crippen LogP contribution in [0.5, 0.6) is 0 Å². The zero-order valence-corrected chi connectivity index (χ0v) is 15.7. The fraction of sp³-hybridized carbons (Fsp3) is 0.286. The first-order valence-corrected chi connectivity index (χ1v) is 9.07. The summed E-state index contributed by atoms with van der Waals surface area (Å²) in [6.45, 7) is 4.15. The summed E-state index contributed by atoms with van der Waals surface area (Å²) in [6.07, 6.45) is 3.10. The third-order valence-electron chi connectivity index (χ3n) is 3.89. The Morgan fingerprint density at radius 2 is 1.44 bits per heavy atom. The molecular formula is C21H25N3O3. The molecule has 0 atom stereocenters.